The summed E-state index contributed by atoms with van der Waals surface area (Å²) in [5.74, 6) is 3.09. The maximum absolute atomic E-state index is 5.52. The van der Waals surface area contributed by atoms with E-state index in [2.05, 4.69) is 15.6 Å². The number of imidazole rings is 1. The van der Waals surface area contributed by atoms with E-state index < -0.39 is 0 Å². The van der Waals surface area contributed by atoms with Crippen LogP contribution in [0, 0.1) is 0 Å². The molecule has 0 saturated carbocycles. The van der Waals surface area contributed by atoms with Gasteiger partial charge in [0.1, 0.15) is 11.6 Å². The van der Waals surface area contributed by atoms with E-state index in [9.17, 15) is 0 Å². The molecule has 0 aliphatic carbocycles. The van der Waals surface area contributed by atoms with Gasteiger partial charge in [-0.1, -0.05) is 6.07 Å². The van der Waals surface area contributed by atoms with Crippen LogP contribution in [0.1, 0.15) is 11.4 Å². The van der Waals surface area contributed by atoms with Crippen LogP contribution in [-0.2, 0) is 17.7 Å². The van der Waals surface area contributed by atoms with E-state index in [0.29, 0.717) is 36.7 Å². The van der Waals surface area contributed by atoms with Gasteiger partial charge in [-0.15, -0.1) is 0 Å². The zero-order valence-electron chi connectivity index (χ0n) is 16.7. The quantitative estimate of drug-likeness (QED) is 0.451. The second-order valence-corrected chi connectivity index (χ2v) is 6.58. The molecule has 150 valence electrons. The highest BCUT2D eigenvalue weighted by atomic mass is 16.5. The molecule has 0 radical (unpaired) electrons. The fraction of sp³-hybridized carbons (Fsp3) is 0.273. The Balaban J connectivity index is 1.75. The first-order chi connectivity index (χ1) is 14.2. The molecule has 0 amide bonds. The van der Waals surface area contributed by atoms with E-state index in [1.54, 1.807) is 33.8 Å². The molecule has 29 heavy (non-hydrogen) atoms. The number of hydrogen-bond donors (Lipinski definition) is 0. The third-order valence-electron chi connectivity index (χ3n) is 4.82. The van der Waals surface area contributed by atoms with Gasteiger partial charge in [0.05, 0.1) is 32.6 Å². The molecule has 7 heteroatoms. The number of benzene rings is 1. The van der Waals surface area contributed by atoms with Crippen LogP contribution in [0.4, 0.5) is 0 Å². The minimum absolute atomic E-state index is 0.579. The summed E-state index contributed by atoms with van der Waals surface area (Å²) in [4.78, 5) is 9.33. The highest BCUT2D eigenvalue weighted by molar-refractivity contribution is 5.77. The summed E-state index contributed by atoms with van der Waals surface area (Å²) in [6.07, 6.45) is 4.08. The molecule has 3 aromatic heterocycles. The van der Waals surface area contributed by atoms with Gasteiger partial charge in [0.25, 0.3) is 0 Å². The van der Waals surface area contributed by atoms with Gasteiger partial charge in [-0.25, -0.2) is 9.97 Å². The van der Waals surface area contributed by atoms with Crippen molar-refractivity contribution in [2.24, 2.45) is 0 Å². The highest BCUT2D eigenvalue weighted by Crippen LogP contribution is 2.29. The molecule has 3 heterocycles. The Morgan fingerprint density at radius 2 is 1.90 bits per heavy atom. The van der Waals surface area contributed by atoms with E-state index in [1.807, 2.05) is 30.3 Å². The van der Waals surface area contributed by atoms with Gasteiger partial charge in [0.2, 0.25) is 0 Å². The van der Waals surface area contributed by atoms with Gasteiger partial charge in [0.15, 0.2) is 17.1 Å². The summed E-state index contributed by atoms with van der Waals surface area (Å²) >= 11 is 0. The molecular formula is C22H23N3O4. The maximum Gasteiger partial charge on any atom is 0.177 e. The molecule has 0 spiro atoms. The van der Waals surface area contributed by atoms with Crippen molar-refractivity contribution in [3.05, 3.63) is 60.2 Å². The predicted molar refractivity (Wildman–Crippen MR) is 109 cm³/mol. The lowest BCUT2D eigenvalue weighted by Gasteiger charge is -2.11. The van der Waals surface area contributed by atoms with Gasteiger partial charge in [-0.3, -0.25) is 0 Å². The van der Waals surface area contributed by atoms with Crippen LogP contribution >= 0.6 is 0 Å². The van der Waals surface area contributed by atoms with Crippen LogP contribution in [0.5, 0.6) is 11.5 Å². The third kappa shape index (κ3) is 3.82. The molecule has 4 rings (SSSR count). The topological polar surface area (TPSA) is 71.5 Å². The molecule has 1 aromatic carbocycles. The number of rotatable bonds is 8. The standard InChI is InChI=1S/C22H23N3O4/c1-26-10-8-25-17-13-16(18-5-4-9-29-18)14-23-22(17)24-21(25)12-15-6-7-19(27-2)20(11-15)28-3/h4-7,9,11,13-14H,8,10,12H2,1-3H3. The molecule has 0 aliphatic heterocycles. The number of ether oxygens (including phenoxy) is 3. The van der Waals surface area contributed by atoms with Crippen molar-refractivity contribution >= 4 is 11.2 Å². The van der Waals surface area contributed by atoms with Gasteiger partial charge >= 0.3 is 0 Å². The van der Waals surface area contributed by atoms with Crippen molar-refractivity contribution in [2.45, 2.75) is 13.0 Å². The Bertz CT molecular complexity index is 1100. The summed E-state index contributed by atoms with van der Waals surface area (Å²) in [6, 6.07) is 11.7. The van der Waals surface area contributed by atoms with Crippen molar-refractivity contribution in [3.63, 3.8) is 0 Å². The summed E-state index contributed by atoms with van der Waals surface area (Å²) < 4.78 is 23.7. The Kier molecular flexibility index (Phi) is 5.48. The molecule has 0 N–H and O–H groups in total. The zero-order chi connectivity index (χ0) is 20.2. The van der Waals surface area contributed by atoms with Crippen molar-refractivity contribution in [2.75, 3.05) is 27.9 Å². The summed E-state index contributed by atoms with van der Waals surface area (Å²) in [5, 5.41) is 0. The van der Waals surface area contributed by atoms with Crippen LogP contribution < -0.4 is 9.47 Å². The average molecular weight is 393 g/mol. The number of methoxy groups -OCH3 is 3. The van der Waals surface area contributed by atoms with Gasteiger partial charge in [0, 0.05) is 31.8 Å². The van der Waals surface area contributed by atoms with Gasteiger partial charge in [-0.05, 0) is 35.9 Å². The van der Waals surface area contributed by atoms with Crippen LogP contribution in [-0.4, -0.2) is 42.5 Å². The van der Waals surface area contributed by atoms with Crippen LogP contribution in [0.2, 0.25) is 0 Å². The lowest BCUT2D eigenvalue weighted by molar-refractivity contribution is 0.187. The SMILES string of the molecule is COCCn1c(Cc2ccc(OC)c(OC)c2)nc2ncc(-c3ccco3)cc21. The lowest BCUT2D eigenvalue weighted by Crippen LogP contribution is -2.09. The van der Waals surface area contributed by atoms with Crippen molar-refractivity contribution < 1.29 is 18.6 Å². The number of nitrogens with zero attached hydrogens (tertiary/aromatic N) is 3. The molecule has 0 fully saturated rings. The number of fused-ring (bicyclic) bond motifs is 1. The monoisotopic (exact) mass is 393 g/mol. The molecule has 0 atom stereocenters. The predicted octanol–water partition coefficient (Wildman–Crippen LogP) is 3.95. The van der Waals surface area contributed by atoms with E-state index in [-0.39, 0.29) is 0 Å². The zero-order valence-corrected chi connectivity index (χ0v) is 16.7. The van der Waals surface area contributed by atoms with E-state index in [4.69, 9.17) is 23.6 Å². The molecule has 7 nitrogen and oxygen atoms in total. The number of pyridine rings is 1. The number of hydrogen-bond acceptors (Lipinski definition) is 6. The highest BCUT2D eigenvalue weighted by Gasteiger charge is 2.15. The third-order valence-corrected chi connectivity index (χ3v) is 4.82. The molecule has 0 bridgehead atoms. The first-order valence-corrected chi connectivity index (χ1v) is 9.32. The molecule has 0 saturated heterocycles. The fourth-order valence-corrected chi connectivity index (χ4v) is 3.37. The molecule has 0 unspecified atom stereocenters. The summed E-state index contributed by atoms with van der Waals surface area (Å²) in [5.41, 5.74) is 3.64. The summed E-state index contributed by atoms with van der Waals surface area (Å²) in [7, 11) is 4.96. The van der Waals surface area contributed by atoms with Crippen LogP contribution in [0.25, 0.3) is 22.5 Å². The first kappa shape index (κ1) is 19.0. The van der Waals surface area contributed by atoms with Crippen molar-refractivity contribution in [1.29, 1.82) is 0 Å². The van der Waals surface area contributed by atoms with Crippen LogP contribution in [0.15, 0.2) is 53.3 Å². The largest absolute Gasteiger partial charge is 0.493 e. The minimum Gasteiger partial charge on any atom is -0.493 e. The normalized spacial score (nSPS) is 11.1. The van der Waals surface area contributed by atoms with Crippen molar-refractivity contribution in [1.82, 2.24) is 14.5 Å². The Morgan fingerprint density at radius 1 is 1.03 bits per heavy atom. The number of furan rings is 1. The Hall–Kier alpha value is -3.32. The number of aromatic nitrogens is 3. The smallest absolute Gasteiger partial charge is 0.177 e. The van der Waals surface area contributed by atoms with E-state index >= 15 is 0 Å². The molecular weight excluding hydrogens is 370 g/mol. The van der Waals surface area contributed by atoms with Crippen LogP contribution in [0.3, 0.4) is 0 Å². The summed E-state index contributed by atoms with van der Waals surface area (Å²) in [6.45, 7) is 1.26. The fourth-order valence-electron chi connectivity index (χ4n) is 3.37. The van der Waals surface area contributed by atoms with Crippen molar-refractivity contribution in [3.8, 4) is 22.8 Å². The molecule has 0 aliphatic rings. The Morgan fingerprint density at radius 3 is 2.62 bits per heavy atom. The second-order valence-electron chi connectivity index (χ2n) is 6.58. The van der Waals surface area contributed by atoms with E-state index in [1.165, 1.54) is 0 Å². The Labute approximate surface area is 168 Å². The van der Waals surface area contributed by atoms with Gasteiger partial charge in [-0.2, -0.15) is 0 Å². The van der Waals surface area contributed by atoms with E-state index in [0.717, 1.165) is 28.2 Å². The molecule has 4 aromatic rings. The lowest BCUT2D eigenvalue weighted by atomic mass is 10.1. The first-order valence-electron chi connectivity index (χ1n) is 9.32. The maximum atomic E-state index is 5.52. The average Bonchev–Trinajstić information content (AvgIpc) is 3.40. The second kappa shape index (κ2) is 8.36. The minimum atomic E-state index is 0.579. The van der Waals surface area contributed by atoms with Gasteiger partial charge < -0.3 is 23.2 Å².